The summed E-state index contributed by atoms with van der Waals surface area (Å²) in [6.45, 7) is 4.35. The van der Waals surface area contributed by atoms with Gasteiger partial charge in [-0.15, -0.1) is 0 Å². The van der Waals surface area contributed by atoms with Gasteiger partial charge in [-0.3, -0.25) is 4.99 Å². The van der Waals surface area contributed by atoms with Gasteiger partial charge in [0.05, 0.1) is 11.9 Å². The fraction of sp³-hybridized carbons (Fsp3) is 0.909. The Balaban J connectivity index is 2.30. The second-order valence-electron chi connectivity index (χ2n) is 4.11. The number of nitrogens with two attached hydrogens (primary N) is 1. The molecule has 0 saturated heterocycles. The third-order valence-corrected chi connectivity index (χ3v) is 2.63. The molecule has 2 N–H and O–H groups in total. The Bertz CT molecular complexity index is 171. The van der Waals surface area contributed by atoms with Crippen molar-refractivity contribution in [3.05, 3.63) is 0 Å². The first kappa shape index (κ1) is 10.6. The van der Waals surface area contributed by atoms with Gasteiger partial charge in [-0.2, -0.15) is 0 Å². The summed E-state index contributed by atoms with van der Waals surface area (Å²) >= 11 is 0. The Kier molecular flexibility index (Phi) is 4.26. The monoisotopic (exact) mass is 182 g/mol. The van der Waals surface area contributed by atoms with Gasteiger partial charge >= 0.3 is 0 Å². The zero-order valence-corrected chi connectivity index (χ0v) is 8.92. The van der Waals surface area contributed by atoms with Crippen molar-refractivity contribution in [1.82, 2.24) is 0 Å². The van der Waals surface area contributed by atoms with Crippen LogP contribution >= 0.6 is 0 Å². The minimum absolute atomic E-state index is 0.499. The van der Waals surface area contributed by atoms with E-state index in [9.17, 15) is 0 Å². The standard InChI is InChI=1S/C11H22N2/c1-3-5-11(12)13-10(4-2)8-9-6-7-9/h9-10H,3-8H2,1-2H3,(H2,12,13). The molecule has 1 aliphatic carbocycles. The van der Waals surface area contributed by atoms with Gasteiger partial charge in [0.15, 0.2) is 0 Å². The van der Waals surface area contributed by atoms with Gasteiger partial charge < -0.3 is 5.73 Å². The Morgan fingerprint density at radius 1 is 1.46 bits per heavy atom. The third kappa shape index (κ3) is 4.30. The molecule has 0 amide bonds. The molecule has 0 radical (unpaired) electrons. The SMILES string of the molecule is CCCC(N)=NC(CC)CC1CC1. The van der Waals surface area contributed by atoms with Gasteiger partial charge in [-0.1, -0.05) is 26.7 Å². The van der Waals surface area contributed by atoms with Gasteiger partial charge in [-0.05, 0) is 25.2 Å². The smallest absolute Gasteiger partial charge is 0.0940 e. The fourth-order valence-electron chi connectivity index (χ4n) is 1.60. The first-order valence-corrected chi connectivity index (χ1v) is 5.58. The van der Waals surface area contributed by atoms with Crippen molar-refractivity contribution in [2.24, 2.45) is 16.6 Å². The highest BCUT2D eigenvalue weighted by atomic mass is 14.9. The highest BCUT2D eigenvalue weighted by Gasteiger charge is 2.24. The summed E-state index contributed by atoms with van der Waals surface area (Å²) in [5.74, 6) is 1.82. The lowest BCUT2D eigenvalue weighted by atomic mass is 10.1. The second-order valence-corrected chi connectivity index (χ2v) is 4.11. The van der Waals surface area contributed by atoms with Crippen LogP contribution in [0.5, 0.6) is 0 Å². The van der Waals surface area contributed by atoms with E-state index in [-0.39, 0.29) is 0 Å². The van der Waals surface area contributed by atoms with Crippen molar-refractivity contribution < 1.29 is 0 Å². The van der Waals surface area contributed by atoms with Crippen molar-refractivity contribution >= 4 is 5.84 Å². The molecule has 1 fully saturated rings. The molecule has 76 valence electrons. The van der Waals surface area contributed by atoms with Gasteiger partial charge in [0, 0.05) is 6.42 Å². The zero-order valence-electron chi connectivity index (χ0n) is 8.92. The van der Waals surface area contributed by atoms with Crippen LogP contribution in [0.4, 0.5) is 0 Å². The molecule has 1 aliphatic rings. The van der Waals surface area contributed by atoms with E-state index < -0.39 is 0 Å². The molecule has 0 aromatic heterocycles. The number of hydrogen-bond donors (Lipinski definition) is 1. The predicted molar refractivity (Wildman–Crippen MR) is 58.0 cm³/mol. The van der Waals surface area contributed by atoms with Gasteiger partial charge in [0.2, 0.25) is 0 Å². The maximum Gasteiger partial charge on any atom is 0.0940 e. The van der Waals surface area contributed by atoms with E-state index in [2.05, 4.69) is 18.8 Å². The maximum absolute atomic E-state index is 5.81. The summed E-state index contributed by atoms with van der Waals surface area (Å²) in [5.41, 5.74) is 5.81. The number of rotatable bonds is 6. The van der Waals surface area contributed by atoms with Crippen molar-refractivity contribution in [2.45, 2.75) is 58.4 Å². The molecule has 2 nitrogen and oxygen atoms in total. The summed E-state index contributed by atoms with van der Waals surface area (Å²) < 4.78 is 0. The normalized spacial score (nSPS) is 20.3. The topological polar surface area (TPSA) is 38.4 Å². The Hall–Kier alpha value is -0.530. The number of nitrogens with zero attached hydrogens (tertiary/aromatic N) is 1. The molecular formula is C11H22N2. The van der Waals surface area contributed by atoms with E-state index in [0.29, 0.717) is 6.04 Å². The molecule has 1 rings (SSSR count). The molecule has 0 spiro atoms. The molecule has 0 heterocycles. The van der Waals surface area contributed by atoms with Crippen LogP contribution < -0.4 is 5.73 Å². The first-order valence-electron chi connectivity index (χ1n) is 5.58. The summed E-state index contributed by atoms with van der Waals surface area (Å²) in [4.78, 5) is 4.56. The molecule has 1 atom stereocenters. The van der Waals surface area contributed by atoms with E-state index in [1.165, 1.54) is 19.3 Å². The largest absolute Gasteiger partial charge is 0.387 e. The minimum atomic E-state index is 0.499. The maximum atomic E-state index is 5.81. The average molecular weight is 182 g/mol. The lowest BCUT2D eigenvalue weighted by Gasteiger charge is -2.10. The molecule has 2 heteroatoms. The summed E-state index contributed by atoms with van der Waals surface area (Å²) in [6, 6.07) is 0.499. The number of amidine groups is 1. The van der Waals surface area contributed by atoms with Gasteiger partial charge in [-0.25, -0.2) is 0 Å². The lowest BCUT2D eigenvalue weighted by Crippen LogP contribution is -2.16. The van der Waals surface area contributed by atoms with E-state index in [1.54, 1.807) is 0 Å². The summed E-state index contributed by atoms with van der Waals surface area (Å²) in [5, 5.41) is 0. The molecule has 1 unspecified atom stereocenters. The van der Waals surface area contributed by atoms with Crippen molar-refractivity contribution in [3.63, 3.8) is 0 Å². The zero-order chi connectivity index (χ0) is 9.68. The Morgan fingerprint density at radius 2 is 2.15 bits per heavy atom. The van der Waals surface area contributed by atoms with Crippen LogP contribution in [-0.2, 0) is 0 Å². The van der Waals surface area contributed by atoms with Crippen molar-refractivity contribution in [1.29, 1.82) is 0 Å². The first-order chi connectivity index (χ1) is 6.26. The van der Waals surface area contributed by atoms with Crippen LogP contribution in [0.1, 0.15) is 52.4 Å². The second kappa shape index (κ2) is 5.25. The number of hydrogen-bond acceptors (Lipinski definition) is 1. The van der Waals surface area contributed by atoms with E-state index in [0.717, 1.165) is 31.0 Å². The van der Waals surface area contributed by atoms with Crippen LogP contribution in [0.2, 0.25) is 0 Å². The Labute approximate surface area is 81.6 Å². The fourth-order valence-corrected chi connectivity index (χ4v) is 1.60. The highest BCUT2D eigenvalue weighted by Crippen LogP contribution is 2.34. The summed E-state index contributed by atoms with van der Waals surface area (Å²) in [7, 11) is 0. The van der Waals surface area contributed by atoms with Crippen molar-refractivity contribution in [3.8, 4) is 0 Å². The molecule has 0 aromatic carbocycles. The predicted octanol–water partition coefficient (Wildman–Crippen LogP) is 2.72. The van der Waals surface area contributed by atoms with Gasteiger partial charge in [0.25, 0.3) is 0 Å². The third-order valence-electron chi connectivity index (χ3n) is 2.63. The molecule has 1 saturated carbocycles. The van der Waals surface area contributed by atoms with Gasteiger partial charge in [0.1, 0.15) is 0 Å². The highest BCUT2D eigenvalue weighted by molar-refractivity contribution is 5.80. The number of aliphatic imine (C=N–C) groups is 1. The van der Waals surface area contributed by atoms with Crippen LogP contribution in [0.3, 0.4) is 0 Å². The summed E-state index contributed by atoms with van der Waals surface area (Å²) in [6.07, 6.45) is 7.30. The molecule has 13 heavy (non-hydrogen) atoms. The van der Waals surface area contributed by atoms with E-state index in [4.69, 9.17) is 5.73 Å². The molecular weight excluding hydrogens is 160 g/mol. The average Bonchev–Trinajstić information content (AvgIpc) is 2.87. The van der Waals surface area contributed by atoms with E-state index >= 15 is 0 Å². The lowest BCUT2D eigenvalue weighted by molar-refractivity contribution is 0.555. The van der Waals surface area contributed by atoms with Crippen LogP contribution in [0.25, 0.3) is 0 Å². The molecule has 0 aromatic rings. The molecule has 0 aliphatic heterocycles. The van der Waals surface area contributed by atoms with Crippen molar-refractivity contribution in [2.75, 3.05) is 0 Å². The van der Waals surface area contributed by atoms with E-state index in [1.807, 2.05) is 0 Å². The minimum Gasteiger partial charge on any atom is -0.387 e. The quantitative estimate of drug-likeness (QED) is 0.498. The van der Waals surface area contributed by atoms with Crippen LogP contribution in [0.15, 0.2) is 4.99 Å². The van der Waals surface area contributed by atoms with Crippen LogP contribution in [0, 0.1) is 5.92 Å². The Morgan fingerprint density at radius 3 is 2.62 bits per heavy atom. The van der Waals surface area contributed by atoms with Crippen LogP contribution in [-0.4, -0.2) is 11.9 Å². The molecule has 0 bridgehead atoms.